The zero-order valence-corrected chi connectivity index (χ0v) is 19.0. The number of aromatic nitrogens is 3. The molecule has 2 N–H and O–H groups in total. The van der Waals surface area contributed by atoms with E-state index in [9.17, 15) is 0 Å². The molecule has 0 amide bonds. The molecule has 1 aromatic heterocycles. The smallest absolute Gasteiger partial charge is 0.192 e. The van der Waals surface area contributed by atoms with Gasteiger partial charge in [0.1, 0.15) is 5.82 Å². The first-order chi connectivity index (χ1) is 15.2. The second kappa shape index (κ2) is 10.5. The van der Waals surface area contributed by atoms with E-state index >= 15 is 0 Å². The topological polar surface area (TPSA) is 67.1 Å². The monoisotopic (exact) mass is 434 g/mol. The molecular formula is C24H30N6S. The highest BCUT2D eigenvalue weighted by atomic mass is 32.2. The van der Waals surface area contributed by atoms with Gasteiger partial charge < -0.3 is 15.2 Å². The Kier molecular flexibility index (Phi) is 7.25. The second-order valence-corrected chi connectivity index (χ2v) is 9.07. The molecule has 0 unspecified atom stereocenters. The first-order valence-electron chi connectivity index (χ1n) is 10.9. The van der Waals surface area contributed by atoms with Crippen molar-refractivity contribution >= 4 is 17.7 Å². The van der Waals surface area contributed by atoms with Crippen LogP contribution < -0.4 is 10.6 Å². The molecule has 31 heavy (non-hydrogen) atoms. The zero-order chi connectivity index (χ0) is 21.5. The zero-order valence-electron chi connectivity index (χ0n) is 18.2. The lowest BCUT2D eigenvalue weighted by Gasteiger charge is -2.17. The Morgan fingerprint density at radius 3 is 2.42 bits per heavy atom. The van der Waals surface area contributed by atoms with Crippen LogP contribution in [-0.4, -0.2) is 26.8 Å². The maximum atomic E-state index is 4.85. The lowest BCUT2D eigenvalue weighted by atomic mass is 10.2. The number of nitrogens with zero attached hydrogens (tertiary/aromatic N) is 4. The lowest BCUT2D eigenvalue weighted by Crippen LogP contribution is -2.42. The summed E-state index contributed by atoms with van der Waals surface area (Å²) in [5.41, 5.74) is 1.19. The minimum absolute atomic E-state index is 0.497. The molecule has 0 aliphatic heterocycles. The van der Waals surface area contributed by atoms with Gasteiger partial charge in [0.25, 0.3) is 0 Å². The van der Waals surface area contributed by atoms with Crippen molar-refractivity contribution in [2.24, 2.45) is 12.0 Å². The van der Waals surface area contributed by atoms with Crippen molar-refractivity contribution in [3.8, 4) is 0 Å². The van der Waals surface area contributed by atoms with Crippen molar-refractivity contribution in [3.05, 3.63) is 71.8 Å². The fourth-order valence-electron chi connectivity index (χ4n) is 3.64. The molecule has 0 spiro atoms. The van der Waals surface area contributed by atoms with Crippen molar-refractivity contribution in [1.29, 1.82) is 0 Å². The number of aliphatic imine (C=N–C) groups is 1. The van der Waals surface area contributed by atoms with Gasteiger partial charge in [0, 0.05) is 22.9 Å². The highest BCUT2D eigenvalue weighted by Crippen LogP contribution is 2.27. The molecule has 3 aromatic rings. The van der Waals surface area contributed by atoms with Crippen LogP contribution in [-0.2, 0) is 20.1 Å². The maximum Gasteiger partial charge on any atom is 0.192 e. The molecule has 0 saturated heterocycles. The molecule has 0 radical (unpaired) electrons. The van der Waals surface area contributed by atoms with Crippen LogP contribution in [0.3, 0.4) is 0 Å². The quantitative estimate of drug-likeness (QED) is 0.425. The number of nitrogens with one attached hydrogen (secondary N) is 2. The number of rotatable bonds is 7. The van der Waals surface area contributed by atoms with Crippen molar-refractivity contribution < 1.29 is 0 Å². The van der Waals surface area contributed by atoms with Crippen LogP contribution >= 0.6 is 11.8 Å². The van der Waals surface area contributed by atoms with Crippen LogP contribution in [0, 0.1) is 6.92 Å². The number of benzene rings is 2. The van der Waals surface area contributed by atoms with E-state index in [0.717, 1.165) is 17.6 Å². The average molecular weight is 435 g/mol. The molecule has 1 heterocycles. The summed E-state index contributed by atoms with van der Waals surface area (Å²) in [6, 6.07) is 19.6. The fraction of sp³-hybridized carbons (Fsp3) is 0.375. The van der Waals surface area contributed by atoms with Crippen LogP contribution in [0.4, 0.5) is 0 Å². The molecule has 7 heteroatoms. The van der Waals surface area contributed by atoms with Crippen LogP contribution in [0.25, 0.3) is 0 Å². The second-order valence-electron chi connectivity index (χ2n) is 7.93. The number of guanidine groups is 1. The van der Waals surface area contributed by atoms with Crippen LogP contribution in [0.2, 0.25) is 0 Å². The van der Waals surface area contributed by atoms with E-state index in [0.29, 0.717) is 19.1 Å². The molecule has 1 fully saturated rings. The Hall–Kier alpha value is -2.80. The van der Waals surface area contributed by atoms with E-state index in [-0.39, 0.29) is 0 Å². The minimum atomic E-state index is 0.497. The van der Waals surface area contributed by atoms with Crippen LogP contribution in [0.5, 0.6) is 0 Å². The first kappa shape index (κ1) is 21.4. The van der Waals surface area contributed by atoms with E-state index in [2.05, 4.69) is 69.4 Å². The third kappa shape index (κ3) is 6.10. The van der Waals surface area contributed by atoms with Crippen molar-refractivity contribution in [2.45, 2.75) is 61.5 Å². The van der Waals surface area contributed by atoms with Crippen LogP contribution in [0.1, 0.15) is 42.9 Å². The SMILES string of the molecule is Cc1nnc(CNC(=NCc2ccc(Sc3ccccc3)cc2)NC2CCCC2)n1C. The van der Waals surface area contributed by atoms with E-state index < -0.39 is 0 Å². The molecule has 1 aliphatic carbocycles. The molecule has 0 bridgehead atoms. The van der Waals surface area contributed by atoms with Crippen molar-refractivity contribution in [2.75, 3.05) is 0 Å². The summed E-state index contributed by atoms with van der Waals surface area (Å²) in [4.78, 5) is 7.34. The number of hydrogen-bond acceptors (Lipinski definition) is 4. The van der Waals surface area contributed by atoms with Gasteiger partial charge in [0.05, 0.1) is 13.1 Å². The van der Waals surface area contributed by atoms with Gasteiger partial charge in [0.15, 0.2) is 11.8 Å². The molecule has 6 nitrogen and oxygen atoms in total. The highest BCUT2D eigenvalue weighted by molar-refractivity contribution is 7.99. The van der Waals surface area contributed by atoms with E-state index in [1.54, 1.807) is 11.8 Å². The van der Waals surface area contributed by atoms with Crippen LogP contribution in [0.15, 0.2) is 69.4 Å². The highest BCUT2D eigenvalue weighted by Gasteiger charge is 2.16. The summed E-state index contributed by atoms with van der Waals surface area (Å²) in [6.07, 6.45) is 4.98. The Morgan fingerprint density at radius 2 is 1.74 bits per heavy atom. The predicted octanol–water partition coefficient (Wildman–Crippen LogP) is 4.45. The third-order valence-electron chi connectivity index (χ3n) is 5.61. The lowest BCUT2D eigenvalue weighted by molar-refractivity contribution is 0.606. The van der Waals surface area contributed by atoms with E-state index in [1.807, 2.05) is 24.6 Å². The normalized spacial score (nSPS) is 14.7. The Labute approximate surface area is 188 Å². The molecule has 162 valence electrons. The summed E-state index contributed by atoms with van der Waals surface area (Å²) < 4.78 is 2.00. The number of aryl methyl sites for hydroxylation is 1. The largest absolute Gasteiger partial charge is 0.354 e. The molecule has 0 atom stereocenters. The Balaban J connectivity index is 1.39. The summed E-state index contributed by atoms with van der Waals surface area (Å²) in [6.45, 7) is 3.20. The molecular weight excluding hydrogens is 404 g/mol. The Bertz CT molecular complexity index is 991. The van der Waals surface area contributed by atoms with Gasteiger partial charge in [-0.15, -0.1) is 10.2 Å². The van der Waals surface area contributed by atoms with Gasteiger partial charge in [-0.1, -0.05) is 54.9 Å². The molecule has 2 aromatic carbocycles. The van der Waals surface area contributed by atoms with Gasteiger partial charge in [-0.25, -0.2) is 4.99 Å². The summed E-state index contributed by atoms with van der Waals surface area (Å²) >= 11 is 1.78. The van der Waals surface area contributed by atoms with E-state index in [4.69, 9.17) is 4.99 Å². The van der Waals surface area contributed by atoms with Crippen molar-refractivity contribution in [1.82, 2.24) is 25.4 Å². The predicted molar refractivity (Wildman–Crippen MR) is 126 cm³/mol. The van der Waals surface area contributed by atoms with Gasteiger partial charge in [-0.05, 0) is 49.6 Å². The standard InChI is InChI=1S/C24H30N6S/c1-18-28-29-23(30(18)2)17-26-24(27-20-8-6-7-9-20)25-16-19-12-14-22(15-13-19)31-21-10-4-3-5-11-21/h3-5,10-15,20H,6-9,16-17H2,1-2H3,(H2,25,26,27). The molecule has 4 rings (SSSR count). The Morgan fingerprint density at radius 1 is 1.03 bits per heavy atom. The van der Waals surface area contributed by atoms with Crippen molar-refractivity contribution in [3.63, 3.8) is 0 Å². The fourth-order valence-corrected chi connectivity index (χ4v) is 4.48. The molecule has 1 aliphatic rings. The van der Waals surface area contributed by atoms with Gasteiger partial charge >= 0.3 is 0 Å². The van der Waals surface area contributed by atoms with Gasteiger partial charge in [-0.2, -0.15) is 0 Å². The first-order valence-corrected chi connectivity index (χ1v) is 11.7. The van der Waals surface area contributed by atoms with Gasteiger partial charge in [0.2, 0.25) is 0 Å². The summed E-state index contributed by atoms with van der Waals surface area (Å²) in [5, 5.41) is 15.4. The summed E-state index contributed by atoms with van der Waals surface area (Å²) in [7, 11) is 1.99. The molecule has 1 saturated carbocycles. The number of hydrogen-bond donors (Lipinski definition) is 2. The minimum Gasteiger partial charge on any atom is -0.354 e. The maximum absolute atomic E-state index is 4.85. The van der Waals surface area contributed by atoms with E-state index in [1.165, 1.54) is 41.0 Å². The average Bonchev–Trinajstić information content (AvgIpc) is 3.42. The third-order valence-corrected chi connectivity index (χ3v) is 6.63. The summed E-state index contributed by atoms with van der Waals surface area (Å²) in [5.74, 6) is 2.66. The van der Waals surface area contributed by atoms with Gasteiger partial charge in [-0.3, -0.25) is 0 Å².